The van der Waals surface area contributed by atoms with Gasteiger partial charge in [0.1, 0.15) is 17.0 Å². The van der Waals surface area contributed by atoms with Crippen LogP contribution in [0.1, 0.15) is 160 Å². The number of allylic oxidation sites excluding steroid dienone is 1. The summed E-state index contributed by atoms with van der Waals surface area (Å²) in [5, 5.41) is 29.9. The molecule has 4 aromatic carbocycles. The summed E-state index contributed by atoms with van der Waals surface area (Å²) in [5.74, 6) is -2.05. The molecule has 26 heteroatoms. The molecule has 5 fully saturated rings. The van der Waals surface area contributed by atoms with E-state index in [1.54, 1.807) is 40.1 Å². The van der Waals surface area contributed by atoms with E-state index >= 15 is 0 Å². The van der Waals surface area contributed by atoms with Crippen LogP contribution < -0.4 is 25.6 Å². The van der Waals surface area contributed by atoms with E-state index in [9.17, 15) is 59.4 Å². The van der Waals surface area contributed by atoms with Crippen LogP contribution in [0.5, 0.6) is 0 Å². The van der Waals surface area contributed by atoms with Crippen LogP contribution in [-0.4, -0.2) is 171 Å². The van der Waals surface area contributed by atoms with Gasteiger partial charge in [-0.2, -0.15) is 13.2 Å². The number of carbonyl (C=O) groups is 4. The second-order valence-electron chi connectivity index (χ2n) is 30.8. The number of carbonyl (C=O) groups excluding carboxylic acids is 4. The van der Waals surface area contributed by atoms with Gasteiger partial charge in [-0.3, -0.25) is 24.1 Å². The number of sulfone groups is 1. The number of amides is 4. The number of anilines is 2. The number of aromatic nitrogens is 1. The Hall–Kier alpha value is -6.39. The number of hydrogen-bond donors (Lipinski definition) is 6. The van der Waals surface area contributed by atoms with Crippen LogP contribution in [0.3, 0.4) is 0 Å². The van der Waals surface area contributed by atoms with Crippen LogP contribution in [0.25, 0.3) is 10.4 Å². The van der Waals surface area contributed by atoms with Gasteiger partial charge in [-0.1, -0.05) is 108 Å². The molecule has 0 spiro atoms. The molecule has 11 rings (SSSR count). The fraction of sp³-hybridized carbons (Fsp3) is 0.560. The minimum Gasteiger partial charge on any atom is -0.395 e. The number of thiazole rings is 1. The van der Waals surface area contributed by atoms with Crippen LogP contribution in [0.4, 0.5) is 24.5 Å². The Balaban J connectivity index is 0.716. The molecule has 550 valence electrons. The molecule has 5 atom stereocenters. The molecular weight excluding hydrogens is 1370 g/mol. The van der Waals surface area contributed by atoms with Crippen molar-refractivity contribution in [3.05, 3.63) is 131 Å². The molecule has 3 heterocycles. The van der Waals surface area contributed by atoms with Gasteiger partial charge in [-0.25, -0.2) is 26.5 Å². The van der Waals surface area contributed by atoms with E-state index in [0.717, 1.165) is 83.6 Å². The number of piperazine rings is 1. The highest BCUT2D eigenvalue weighted by atomic mass is 32.2. The van der Waals surface area contributed by atoms with Gasteiger partial charge < -0.3 is 40.9 Å². The van der Waals surface area contributed by atoms with Crippen molar-refractivity contribution in [2.24, 2.45) is 21.7 Å². The van der Waals surface area contributed by atoms with E-state index in [2.05, 4.69) is 51.5 Å². The third kappa shape index (κ3) is 19.0. The molecule has 2 aliphatic heterocycles. The van der Waals surface area contributed by atoms with Crippen molar-refractivity contribution < 1.29 is 59.4 Å². The van der Waals surface area contributed by atoms with Crippen molar-refractivity contribution in [3.8, 4) is 10.4 Å². The molecule has 3 saturated carbocycles. The number of aliphatic hydroxyl groups is 2. The van der Waals surface area contributed by atoms with Crippen molar-refractivity contribution in [2.75, 3.05) is 81.5 Å². The summed E-state index contributed by atoms with van der Waals surface area (Å²) in [6.07, 6.45) is 9.35. The highest BCUT2D eigenvalue weighted by Gasteiger charge is 2.67. The van der Waals surface area contributed by atoms with Gasteiger partial charge in [-0.15, -0.1) is 23.1 Å². The summed E-state index contributed by atoms with van der Waals surface area (Å²) in [4.78, 5) is 67.5. The molecule has 2 bridgehead atoms. The lowest BCUT2D eigenvalue weighted by Gasteiger charge is -2.72. The predicted molar refractivity (Wildman–Crippen MR) is 391 cm³/mol. The average Bonchev–Trinajstić information content (AvgIpc) is 1.02. The topological polar surface area (TPSA) is 251 Å². The van der Waals surface area contributed by atoms with Crippen LogP contribution >= 0.6 is 23.1 Å². The van der Waals surface area contributed by atoms with Crippen LogP contribution in [0, 0.1) is 28.6 Å². The van der Waals surface area contributed by atoms with Crippen molar-refractivity contribution in [2.45, 2.75) is 189 Å². The molecule has 2 saturated heterocycles. The molecule has 5 aromatic rings. The van der Waals surface area contributed by atoms with Gasteiger partial charge in [0.2, 0.25) is 17.7 Å². The first kappa shape index (κ1) is 77.2. The van der Waals surface area contributed by atoms with E-state index in [1.165, 1.54) is 60.9 Å². The summed E-state index contributed by atoms with van der Waals surface area (Å²) in [5.41, 5.74) is 2.96. The largest absolute Gasteiger partial charge is 0.501 e. The molecule has 19 nitrogen and oxygen atoms in total. The van der Waals surface area contributed by atoms with E-state index in [4.69, 9.17) is 0 Å². The number of thioether (sulfide) groups is 1. The van der Waals surface area contributed by atoms with Crippen LogP contribution in [-0.2, 0) is 34.2 Å². The first-order chi connectivity index (χ1) is 47.6. The van der Waals surface area contributed by atoms with Crippen molar-refractivity contribution in [1.29, 1.82) is 0 Å². The van der Waals surface area contributed by atoms with Gasteiger partial charge >= 0.3 is 5.51 Å². The number of β-amino-alcohol motifs (C(OH)–C–C–N with tert-alkyl or cyclic N) is 1. The summed E-state index contributed by atoms with van der Waals surface area (Å²) < 4.78 is 101. The Bertz CT molecular complexity index is 3990. The molecule has 4 aliphatic carbocycles. The number of halogens is 3. The molecule has 6 N–H and O–H groups in total. The lowest BCUT2D eigenvalue weighted by Crippen LogP contribution is -2.61. The second-order valence-corrected chi connectivity index (χ2v) is 36.3. The number of likely N-dealkylation sites (tertiary alicyclic amines) is 1. The van der Waals surface area contributed by atoms with E-state index in [-0.39, 0.29) is 56.2 Å². The molecule has 1 aromatic heterocycles. The monoisotopic (exact) mass is 1470 g/mol. The molecule has 4 amide bonds. The second kappa shape index (κ2) is 31.9. The molecule has 101 heavy (non-hydrogen) atoms. The Morgan fingerprint density at radius 1 is 0.842 bits per heavy atom. The third-order valence-corrected chi connectivity index (χ3v) is 25.9. The van der Waals surface area contributed by atoms with Gasteiger partial charge in [-0.05, 0) is 166 Å². The summed E-state index contributed by atoms with van der Waals surface area (Å²) in [7, 11) is -11.1. The molecule has 0 radical (unpaired) electrons. The number of aryl methyl sites for hydroxylation is 1. The SMILES string of the molecule is Cc1ncsc1-c1ccc([C@H](C)NC(=O)[C@@H]2C[C@@H](O)CN2C(=O)[C@@H](NC(=O)CCCCCCN(CCO)CC[C@H](CSc2ccccc2)Nc2ccc(S(=O)(=O)NC(=O)c3ccc(N4CCN(CC5=C(C67CC(C)(C6)C7)CC(C)(C)CC5)CC4)cc3)cc2S(=O)(=O)C(F)(F)F)C(C)(C)C)cc1. The number of rotatable bonds is 31. The lowest BCUT2D eigenvalue weighted by molar-refractivity contribution is -0.167. The fourth-order valence-electron chi connectivity index (χ4n) is 15.5. The number of aliphatic hydroxyl groups excluding tert-OH is 2. The Morgan fingerprint density at radius 3 is 2.16 bits per heavy atom. The first-order valence-corrected chi connectivity index (χ1v) is 40.2. The number of nitrogens with one attached hydrogen (secondary N) is 4. The smallest absolute Gasteiger partial charge is 0.395 e. The van der Waals surface area contributed by atoms with Gasteiger partial charge in [0, 0.05) is 93.1 Å². The standard InChI is InChI=1S/C75H100F3N9O10S4/c1-50(52-19-21-53(22-20-52)66-51(2)79-49-99-66)80-69(92)63-40-58(89)44-87(63)70(93)67(71(3,4)5)82-65(90)18-14-9-10-15-32-84(38-39-88)33-30-56(45-98-59-16-12-11-13-17-59)81-62-28-27-60(41-64(62)100(94,95)75(76,77)78)101(96,97)83-68(91)54-23-25-57(26-24-54)86-36-34-85(35-37-86)43-55-29-31-72(6,7)42-61(55)74-46-73(8,47-74)48-74/h11-13,16-17,19-28,41,49-50,56,58,63,67,81,88-89H,9-10,14-15,18,29-40,42-48H2,1-8H3,(H,80,92)(H,82,90)(H,83,91)/t50-,56+,58+,63-,67+,73?,74?/m0/s1. The molecular formula is C75H100F3N9O10S4. The maximum Gasteiger partial charge on any atom is 0.501 e. The number of unbranched alkanes of at least 4 members (excludes halogenated alkanes) is 3. The van der Waals surface area contributed by atoms with Crippen molar-refractivity contribution in [3.63, 3.8) is 0 Å². The Kier molecular flexibility index (Phi) is 24.4. The van der Waals surface area contributed by atoms with Gasteiger partial charge in [0.05, 0.1) is 45.4 Å². The Labute approximate surface area is 602 Å². The normalized spacial score (nSPS) is 21.9. The predicted octanol–water partition coefficient (Wildman–Crippen LogP) is 11.9. The zero-order valence-corrected chi connectivity index (χ0v) is 62.6. The molecule has 6 aliphatic rings. The lowest BCUT2D eigenvalue weighted by atomic mass is 9.33. The number of nitrogens with zero attached hydrogens (tertiary/aromatic N) is 5. The van der Waals surface area contributed by atoms with Crippen molar-refractivity contribution >= 4 is 78.0 Å². The van der Waals surface area contributed by atoms with E-state index in [1.807, 2.05) is 98.8 Å². The third-order valence-electron chi connectivity index (χ3n) is 20.9. The molecule has 0 unspecified atom stereocenters. The highest BCUT2D eigenvalue weighted by Crippen LogP contribution is 2.77. The number of hydrogen-bond acceptors (Lipinski definition) is 17. The maximum absolute atomic E-state index is 14.6. The first-order valence-electron chi connectivity index (χ1n) is 35.3. The summed E-state index contributed by atoms with van der Waals surface area (Å²) >= 11 is 2.92. The number of benzene rings is 4. The quantitative estimate of drug-likeness (QED) is 0.0137. The van der Waals surface area contributed by atoms with Gasteiger partial charge in [0.15, 0.2) is 0 Å². The average molecular weight is 1470 g/mol. The zero-order chi connectivity index (χ0) is 72.9. The Morgan fingerprint density at radius 2 is 1.52 bits per heavy atom. The minimum atomic E-state index is -6.20. The fourth-order valence-corrected chi connectivity index (χ4v) is 19.3. The van der Waals surface area contributed by atoms with Crippen LogP contribution in [0.15, 0.2) is 128 Å². The minimum absolute atomic E-state index is 0.0259. The van der Waals surface area contributed by atoms with E-state index in [0.29, 0.717) is 61.1 Å². The van der Waals surface area contributed by atoms with Gasteiger partial charge in [0.25, 0.3) is 25.8 Å². The zero-order valence-electron chi connectivity index (χ0n) is 59.3. The maximum atomic E-state index is 14.6. The number of sulfonamides is 1. The summed E-state index contributed by atoms with van der Waals surface area (Å²) in [6, 6.07) is 22.7. The summed E-state index contributed by atoms with van der Waals surface area (Å²) in [6.45, 7) is 21.5. The number of alkyl halides is 3. The van der Waals surface area contributed by atoms with Crippen molar-refractivity contribution in [1.82, 2.24) is 35.0 Å². The van der Waals surface area contributed by atoms with Crippen LogP contribution in [0.2, 0.25) is 0 Å². The highest BCUT2D eigenvalue weighted by molar-refractivity contribution is 7.99. The van der Waals surface area contributed by atoms with E-state index < -0.39 is 94.3 Å².